The molecule has 1 aliphatic heterocycles. The van der Waals surface area contributed by atoms with Gasteiger partial charge in [0, 0.05) is 30.1 Å². The van der Waals surface area contributed by atoms with Gasteiger partial charge in [-0.25, -0.2) is 4.98 Å². The molecule has 11 heteroatoms. The van der Waals surface area contributed by atoms with Crippen LogP contribution < -0.4 is 10.2 Å². The second-order valence-corrected chi connectivity index (χ2v) is 9.55. The highest BCUT2D eigenvalue weighted by atomic mass is 32.2. The number of carbonyl (C=O) groups is 2. The minimum atomic E-state index is -0.441. The van der Waals surface area contributed by atoms with E-state index in [1.807, 2.05) is 42.0 Å². The fraction of sp³-hybridized carbons (Fsp3) is 0.286. The van der Waals surface area contributed by atoms with Crippen LogP contribution in [0.5, 0.6) is 0 Å². The summed E-state index contributed by atoms with van der Waals surface area (Å²) in [5, 5.41) is 10.4. The van der Waals surface area contributed by atoms with Crippen molar-refractivity contribution in [1.82, 2.24) is 19.7 Å². The molecule has 0 aliphatic carbocycles. The van der Waals surface area contributed by atoms with E-state index in [-0.39, 0.29) is 18.2 Å². The number of nitrogens with one attached hydrogen (secondary N) is 2. The highest BCUT2D eigenvalue weighted by Crippen LogP contribution is 2.33. The second-order valence-electron chi connectivity index (χ2n) is 7.28. The summed E-state index contributed by atoms with van der Waals surface area (Å²) in [7, 11) is 0. The van der Waals surface area contributed by atoms with Crippen molar-refractivity contribution in [3.8, 4) is 10.7 Å². The molecule has 0 spiro atoms. The molecular weight excluding hydrogens is 464 g/mol. The number of rotatable bonds is 7. The number of H-pyrrole nitrogens is 1. The van der Waals surface area contributed by atoms with Crippen molar-refractivity contribution in [2.75, 3.05) is 23.0 Å². The summed E-state index contributed by atoms with van der Waals surface area (Å²) < 4.78 is 2.32. The van der Waals surface area contributed by atoms with Gasteiger partial charge in [0.2, 0.25) is 11.8 Å². The number of aryl methyl sites for hydroxylation is 1. The lowest BCUT2D eigenvalue weighted by Gasteiger charge is -2.17. The maximum Gasteiger partial charge on any atom is 0.231 e. The third kappa shape index (κ3) is 4.41. The number of thioether (sulfide) groups is 1. The van der Waals surface area contributed by atoms with Crippen molar-refractivity contribution in [3.63, 3.8) is 0 Å². The Morgan fingerprint density at radius 3 is 3.06 bits per heavy atom. The van der Waals surface area contributed by atoms with E-state index < -0.39 is 5.92 Å². The van der Waals surface area contributed by atoms with E-state index in [1.165, 1.54) is 11.3 Å². The lowest BCUT2D eigenvalue weighted by molar-refractivity contribution is -0.122. The third-order valence-electron chi connectivity index (χ3n) is 5.16. The summed E-state index contributed by atoms with van der Waals surface area (Å²) in [4.78, 5) is 33.5. The number of aromatic nitrogens is 4. The van der Waals surface area contributed by atoms with Crippen molar-refractivity contribution < 1.29 is 9.59 Å². The molecule has 1 atom stereocenters. The van der Waals surface area contributed by atoms with Crippen LogP contribution in [0.15, 0.2) is 41.8 Å². The van der Waals surface area contributed by atoms with Crippen LogP contribution >= 0.6 is 35.3 Å². The molecule has 0 saturated carbocycles. The summed E-state index contributed by atoms with van der Waals surface area (Å²) >= 11 is 8.22. The molecule has 2 aromatic heterocycles. The van der Waals surface area contributed by atoms with Crippen LogP contribution in [0.25, 0.3) is 10.7 Å². The van der Waals surface area contributed by atoms with Gasteiger partial charge in [-0.3, -0.25) is 19.3 Å². The molecule has 32 heavy (non-hydrogen) atoms. The van der Waals surface area contributed by atoms with Gasteiger partial charge in [0.25, 0.3) is 0 Å². The Morgan fingerprint density at radius 1 is 1.50 bits per heavy atom. The number of allylic oxidation sites excluding steroid dienone is 1. The van der Waals surface area contributed by atoms with Gasteiger partial charge in [0.05, 0.1) is 16.5 Å². The smallest absolute Gasteiger partial charge is 0.231 e. The largest absolute Gasteiger partial charge is 0.312 e. The summed E-state index contributed by atoms with van der Waals surface area (Å²) in [6.07, 6.45) is 3.90. The molecule has 2 N–H and O–H groups in total. The molecule has 1 aliphatic rings. The Bertz CT molecular complexity index is 1240. The van der Waals surface area contributed by atoms with Crippen LogP contribution in [0.4, 0.5) is 10.8 Å². The second kappa shape index (κ2) is 9.39. The number of carbonyl (C=O) groups excluding carboxylic acids is 2. The molecule has 1 fully saturated rings. The van der Waals surface area contributed by atoms with E-state index in [4.69, 9.17) is 12.2 Å². The molecule has 2 amide bonds. The van der Waals surface area contributed by atoms with Crippen LogP contribution in [0.3, 0.4) is 0 Å². The molecule has 4 rings (SSSR count). The Balaban J connectivity index is 1.49. The number of aromatic amines is 1. The zero-order chi connectivity index (χ0) is 22.8. The average molecular weight is 487 g/mol. The van der Waals surface area contributed by atoms with Crippen LogP contribution in [0, 0.1) is 17.6 Å². The molecule has 0 bridgehead atoms. The zero-order valence-corrected chi connectivity index (χ0v) is 20.1. The van der Waals surface area contributed by atoms with E-state index >= 15 is 0 Å². The topological polar surface area (TPSA) is 95.9 Å². The van der Waals surface area contributed by atoms with Crippen molar-refractivity contribution in [1.29, 1.82) is 0 Å². The number of amides is 2. The third-order valence-corrected chi connectivity index (χ3v) is 7.27. The van der Waals surface area contributed by atoms with Gasteiger partial charge in [0.15, 0.2) is 15.7 Å². The van der Waals surface area contributed by atoms with Gasteiger partial charge < -0.3 is 10.2 Å². The Hall–Kier alpha value is -2.76. The lowest BCUT2D eigenvalue weighted by atomic mass is 10.1. The molecule has 166 valence electrons. The monoisotopic (exact) mass is 486 g/mol. The molecule has 3 heterocycles. The quantitative estimate of drug-likeness (QED) is 0.294. The van der Waals surface area contributed by atoms with Gasteiger partial charge in [-0.05, 0) is 43.6 Å². The standard InChI is InChI=1S/C21H22N6O2S3/c1-4-8-26-18(24-25-21(26)30)17-12(2)22-20(32-17)23-19(29)13-9-16(28)27(11-13)14-6-5-7-15(10-14)31-3/h4-7,10,13H,1,8-9,11H2,2-3H3,(H,25,30)(H,22,23,29). The predicted molar refractivity (Wildman–Crippen MR) is 131 cm³/mol. The Morgan fingerprint density at radius 2 is 2.31 bits per heavy atom. The lowest BCUT2D eigenvalue weighted by Crippen LogP contribution is -2.28. The number of benzene rings is 1. The first-order valence-electron chi connectivity index (χ1n) is 9.90. The predicted octanol–water partition coefficient (Wildman–Crippen LogP) is 4.27. The molecule has 8 nitrogen and oxygen atoms in total. The maximum absolute atomic E-state index is 12.9. The van der Waals surface area contributed by atoms with Gasteiger partial charge in [-0.1, -0.05) is 23.5 Å². The molecule has 1 aromatic carbocycles. The van der Waals surface area contributed by atoms with E-state index in [2.05, 4.69) is 27.1 Å². The zero-order valence-electron chi connectivity index (χ0n) is 17.6. The van der Waals surface area contributed by atoms with Crippen molar-refractivity contribution >= 4 is 57.9 Å². The first-order valence-corrected chi connectivity index (χ1v) is 12.4. The van der Waals surface area contributed by atoms with Crippen molar-refractivity contribution in [2.45, 2.75) is 24.8 Å². The van der Waals surface area contributed by atoms with E-state index in [0.717, 1.165) is 21.2 Å². The van der Waals surface area contributed by atoms with Crippen molar-refractivity contribution in [2.24, 2.45) is 5.92 Å². The highest BCUT2D eigenvalue weighted by molar-refractivity contribution is 7.98. The van der Waals surface area contributed by atoms with Crippen LogP contribution in [-0.2, 0) is 16.1 Å². The maximum atomic E-state index is 12.9. The normalized spacial score (nSPS) is 15.9. The minimum absolute atomic E-state index is 0.0561. The molecule has 3 aromatic rings. The van der Waals surface area contributed by atoms with Crippen LogP contribution in [-0.4, -0.2) is 44.4 Å². The fourth-order valence-corrected chi connectivity index (χ4v) is 5.19. The Labute approximate surface area is 198 Å². The van der Waals surface area contributed by atoms with E-state index in [0.29, 0.717) is 28.8 Å². The SMILES string of the molecule is C=CCn1c(-c2sc(NC(=O)C3CC(=O)N(c4cccc(SC)c4)C3)nc2C)n[nH]c1=S. The first kappa shape index (κ1) is 22.4. The summed E-state index contributed by atoms with van der Waals surface area (Å²) in [5.41, 5.74) is 1.55. The van der Waals surface area contributed by atoms with Gasteiger partial charge >= 0.3 is 0 Å². The summed E-state index contributed by atoms with van der Waals surface area (Å²) in [5.74, 6) is -0.0591. The van der Waals surface area contributed by atoms with Crippen LogP contribution in [0.2, 0.25) is 0 Å². The van der Waals surface area contributed by atoms with Gasteiger partial charge in [-0.2, -0.15) is 5.10 Å². The van der Waals surface area contributed by atoms with Crippen LogP contribution in [0.1, 0.15) is 12.1 Å². The fourth-order valence-electron chi connectivity index (χ4n) is 3.57. The van der Waals surface area contributed by atoms with Gasteiger partial charge in [0.1, 0.15) is 0 Å². The van der Waals surface area contributed by atoms with E-state index in [9.17, 15) is 9.59 Å². The number of thiazole rings is 1. The summed E-state index contributed by atoms with van der Waals surface area (Å²) in [6.45, 7) is 6.47. The van der Waals surface area contributed by atoms with Crippen molar-refractivity contribution in [3.05, 3.63) is 47.4 Å². The number of hydrogen-bond acceptors (Lipinski definition) is 7. The van der Waals surface area contributed by atoms with Gasteiger partial charge in [-0.15, -0.1) is 18.3 Å². The molecule has 1 saturated heterocycles. The summed E-state index contributed by atoms with van der Waals surface area (Å²) in [6, 6.07) is 7.78. The van der Waals surface area contributed by atoms with E-state index in [1.54, 1.807) is 22.7 Å². The molecule has 1 unspecified atom stereocenters. The first-order chi connectivity index (χ1) is 15.4. The molecular formula is C21H22N6O2S3. The highest BCUT2D eigenvalue weighted by Gasteiger charge is 2.35. The number of nitrogens with zero attached hydrogens (tertiary/aromatic N) is 4. The average Bonchev–Trinajstić information content (AvgIpc) is 3.45. The minimum Gasteiger partial charge on any atom is -0.312 e. The number of hydrogen-bond donors (Lipinski definition) is 2. The molecule has 0 radical (unpaired) electrons. The number of anilines is 2. The Kier molecular flexibility index (Phi) is 6.58.